The van der Waals surface area contributed by atoms with Crippen molar-refractivity contribution >= 4 is 0 Å². The summed E-state index contributed by atoms with van der Waals surface area (Å²) >= 11 is 0. The fourth-order valence-corrected chi connectivity index (χ4v) is 3.25. The molecule has 0 radical (unpaired) electrons. The summed E-state index contributed by atoms with van der Waals surface area (Å²) in [4.78, 5) is 4.67. The number of hydrogen-bond acceptors (Lipinski definition) is 2. The molecular formula is C26H31NO. The fourth-order valence-electron chi connectivity index (χ4n) is 3.25. The van der Waals surface area contributed by atoms with Gasteiger partial charge in [-0.3, -0.25) is 4.98 Å². The third-order valence-electron chi connectivity index (χ3n) is 5.01. The number of pyridine rings is 1. The van der Waals surface area contributed by atoms with Crippen LogP contribution in [0.4, 0.5) is 0 Å². The van der Waals surface area contributed by atoms with Crippen molar-refractivity contribution in [2.45, 2.75) is 52.4 Å². The molecule has 1 aromatic heterocycles. The molecule has 0 N–H and O–H groups in total. The molecule has 0 saturated carbocycles. The Morgan fingerprint density at radius 2 is 1.32 bits per heavy atom. The molecule has 0 atom stereocenters. The number of hydrogen-bond donors (Lipinski definition) is 0. The van der Waals surface area contributed by atoms with Crippen LogP contribution < -0.4 is 4.74 Å². The number of nitrogens with zero attached hydrogens (tertiary/aromatic N) is 1. The zero-order valence-electron chi connectivity index (χ0n) is 17.2. The second kappa shape index (κ2) is 10.7. The van der Waals surface area contributed by atoms with Crippen LogP contribution in [0.2, 0.25) is 0 Å². The van der Waals surface area contributed by atoms with Crippen molar-refractivity contribution in [1.82, 2.24) is 4.98 Å². The van der Waals surface area contributed by atoms with Gasteiger partial charge in [0.25, 0.3) is 0 Å². The number of ether oxygens (including phenoxy) is 1. The first-order valence-electron chi connectivity index (χ1n) is 10.5. The Morgan fingerprint density at radius 1 is 0.679 bits per heavy atom. The molecular weight excluding hydrogens is 342 g/mol. The van der Waals surface area contributed by atoms with Gasteiger partial charge in [0.15, 0.2) is 0 Å². The molecule has 0 saturated heterocycles. The fraction of sp³-hybridized carbons (Fsp3) is 0.346. The normalized spacial score (nSPS) is 10.8. The highest BCUT2D eigenvalue weighted by Gasteiger charge is 2.02. The molecule has 0 amide bonds. The van der Waals surface area contributed by atoms with E-state index in [4.69, 9.17) is 4.74 Å². The lowest BCUT2D eigenvalue weighted by Crippen LogP contribution is -1.97. The van der Waals surface area contributed by atoms with Crippen molar-refractivity contribution in [1.29, 1.82) is 0 Å². The van der Waals surface area contributed by atoms with Gasteiger partial charge >= 0.3 is 0 Å². The molecule has 0 aliphatic heterocycles. The third-order valence-corrected chi connectivity index (χ3v) is 5.01. The summed E-state index contributed by atoms with van der Waals surface area (Å²) in [6.45, 7) is 5.19. The minimum atomic E-state index is 0.801. The summed E-state index contributed by atoms with van der Waals surface area (Å²) in [7, 11) is 0. The van der Waals surface area contributed by atoms with Crippen LogP contribution in [0.25, 0.3) is 11.3 Å². The van der Waals surface area contributed by atoms with Crippen molar-refractivity contribution in [3.05, 3.63) is 83.6 Å². The first-order valence-corrected chi connectivity index (χ1v) is 10.5. The molecule has 0 unspecified atom stereocenters. The number of rotatable bonds is 10. The Bertz CT molecular complexity index is 820. The topological polar surface area (TPSA) is 22.1 Å². The van der Waals surface area contributed by atoms with E-state index in [1.54, 1.807) is 0 Å². The summed E-state index contributed by atoms with van der Waals surface area (Å²) in [5.74, 6) is 0.966. The van der Waals surface area contributed by atoms with E-state index in [0.717, 1.165) is 50.2 Å². The number of aryl methyl sites for hydroxylation is 3. The van der Waals surface area contributed by atoms with Crippen LogP contribution in [0.15, 0.2) is 66.9 Å². The zero-order chi connectivity index (χ0) is 19.6. The molecule has 2 nitrogen and oxygen atoms in total. The largest absolute Gasteiger partial charge is 0.494 e. The smallest absolute Gasteiger partial charge is 0.119 e. The van der Waals surface area contributed by atoms with E-state index < -0.39 is 0 Å². The summed E-state index contributed by atoms with van der Waals surface area (Å²) in [5, 5.41) is 0. The van der Waals surface area contributed by atoms with Crippen LogP contribution in [-0.2, 0) is 19.3 Å². The minimum absolute atomic E-state index is 0.801. The maximum Gasteiger partial charge on any atom is 0.119 e. The molecule has 1 heterocycles. The first-order chi connectivity index (χ1) is 13.8. The molecule has 0 aliphatic carbocycles. The Morgan fingerprint density at radius 3 is 1.96 bits per heavy atom. The number of unbranched alkanes of at least 4 members (excludes halogenated alkanes) is 1. The van der Waals surface area contributed by atoms with Crippen molar-refractivity contribution in [2.24, 2.45) is 0 Å². The van der Waals surface area contributed by atoms with E-state index in [1.807, 2.05) is 6.20 Å². The predicted molar refractivity (Wildman–Crippen MR) is 118 cm³/mol. The van der Waals surface area contributed by atoms with Crippen molar-refractivity contribution < 1.29 is 4.74 Å². The zero-order valence-corrected chi connectivity index (χ0v) is 17.2. The van der Waals surface area contributed by atoms with E-state index in [-0.39, 0.29) is 0 Å². The molecule has 0 aliphatic rings. The first kappa shape index (κ1) is 20.1. The summed E-state index contributed by atoms with van der Waals surface area (Å²) in [5.41, 5.74) is 6.23. The van der Waals surface area contributed by atoms with Crippen LogP contribution in [0.1, 0.15) is 49.8 Å². The summed E-state index contributed by atoms with van der Waals surface area (Å²) < 4.78 is 5.73. The highest BCUT2D eigenvalue weighted by Crippen LogP contribution is 2.19. The molecule has 0 fully saturated rings. The summed E-state index contributed by atoms with van der Waals surface area (Å²) in [6.07, 6.45) is 8.61. The molecule has 0 bridgehead atoms. The average Bonchev–Trinajstić information content (AvgIpc) is 2.75. The van der Waals surface area contributed by atoms with Crippen LogP contribution in [0, 0.1) is 0 Å². The molecule has 0 spiro atoms. The van der Waals surface area contributed by atoms with Crippen molar-refractivity contribution in [3.8, 4) is 17.0 Å². The predicted octanol–water partition coefficient (Wildman–Crippen LogP) is 6.67. The highest BCUT2D eigenvalue weighted by molar-refractivity contribution is 5.59. The van der Waals surface area contributed by atoms with Crippen LogP contribution in [0.5, 0.6) is 5.75 Å². The number of aromatic nitrogens is 1. The van der Waals surface area contributed by atoms with Crippen LogP contribution in [-0.4, -0.2) is 11.6 Å². The molecule has 3 aromatic rings. The second-order valence-corrected chi connectivity index (χ2v) is 7.34. The Hall–Kier alpha value is -2.61. The lowest BCUT2D eigenvalue weighted by molar-refractivity contribution is 0.309. The quantitative estimate of drug-likeness (QED) is 0.370. The Kier molecular flexibility index (Phi) is 7.66. The molecule has 3 rings (SSSR count). The highest BCUT2D eigenvalue weighted by atomic mass is 16.5. The SMILES string of the molecule is CCCCOc1ccc(CCc2ccc(-c3ccc(CCC)cc3)nc2)cc1. The molecule has 146 valence electrons. The van der Waals surface area contributed by atoms with Gasteiger partial charge in [-0.05, 0) is 60.6 Å². The van der Waals surface area contributed by atoms with Gasteiger partial charge in [-0.15, -0.1) is 0 Å². The standard InChI is InChI=1S/C26H31NO/c1-3-5-19-28-25-16-11-22(12-17-25)7-8-23-13-18-26(27-20-23)24-14-9-21(6-4-2)10-15-24/h9-18,20H,3-8,19H2,1-2H3. The Balaban J connectivity index is 1.52. The second-order valence-electron chi connectivity index (χ2n) is 7.34. The van der Waals surface area contributed by atoms with E-state index in [2.05, 4.69) is 79.5 Å². The lowest BCUT2D eigenvalue weighted by atomic mass is 10.0. The maximum absolute atomic E-state index is 5.73. The van der Waals surface area contributed by atoms with E-state index in [1.165, 1.54) is 28.7 Å². The van der Waals surface area contributed by atoms with Gasteiger partial charge in [0, 0.05) is 11.8 Å². The Labute approximate surface area is 169 Å². The molecule has 2 heteroatoms. The third kappa shape index (κ3) is 5.95. The van der Waals surface area contributed by atoms with Gasteiger partial charge in [0.2, 0.25) is 0 Å². The van der Waals surface area contributed by atoms with Crippen molar-refractivity contribution in [2.75, 3.05) is 6.61 Å². The van der Waals surface area contributed by atoms with E-state index in [0.29, 0.717) is 0 Å². The van der Waals surface area contributed by atoms with Gasteiger partial charge in [-0.25, -0.2) is 0 Å². The minimum Gasteiger partial charge on any atom is -0.494 e. The van der Waals surface area contributed by atoms with Gasteiger partial charge in [0.05, 0.1) is 12.3 Å². The molecule has 28 heavy (non-hydrogen) atoms. The van der Waals surface area contributed by atoms with Crippen LogP contribution >= 0.6 is 0 Å². The van der Waals surface area contributed by atoms with Gasteiger partial charge in [-0.1, -0.05) is 69.2 Å². The summed E-state index contributed by atoms with van der Waals surface area (Å²) in [6, 6.07) is 21.6. The maximum atomic E-state index is 5.73. The number of benzene rings is 2. The van der Waals surface area contributed by atoms with Gasteiger partial charge in [0.1, 0.15) is 5.75 Å². The van der Waals surface area contributed by atoms with Crippen LogP contribution in [0.3, 0.4) is 0 Å². The van der Waals surface area contributed by atoms with Gasteiger partial charge in [-0.2, -0.15) is 0 Å². The van der Waals surface area contributed by atoms with E-state index in [9.17, 15) is 0 Å². The monoisotopic (exact) mass is 373 g/mol. The average molecular weight is 374 g/mol. The lowest BCUT2D eigenvalue weighted by Gasteiger charge is -2.07. The molecule has 2 aromatic carbocycles. The van der Waals surface area contributed by atoms with E-state index >= 15 is 0 Å². The van der Waals surface area contributed by atoms with Crippen molar-refractivity contribution in [3.63, 3.8) is 0 Å². The van der Waals surface area contributed by atoms with Gasteiger partial charge < -0.3 is 4.74 Å².